The lowest BCUT2D eigenvalue weighted by atomic mass is 10.2. The van der Waals surface area contributed by atoms with E-state index in [2.05, 4.69) is 16.9 Å². The monoisotopic (exact) mass is 273 g/mol. The molecule has 3 aromatic rings. The normalized spacial score (nSPS) is 11.3. The summed E-state index contributed by atoms with van der Waals surface area (Å²) in [5, 5.41) is 2.21. The number of aromatic nitrogens is 2. The molecule has 2 aromatic heterocycles. The quantitative estimate of drug-likeness (QED) is 0.794. The standard InChI is InChI=1S/C14H15N3OS/c1-3-4-11-17-12-13(19-11)9-6-5-8(18-2)7-10(9)16-14(12)15/h5-7H,3-4H2,1-2H3,(H2,15,16). The number of benzene rings is 1. The molecule has 0 bridgehead atoms. The van der Waals surface area contributed by atoms with Crippen molar-refractivity contribution in [3.63, 3.8) is 0 Å². The van der Waals surface area contributed by atoms with Gasteiger partial charge in [-0.15, -0.1) is 11.3 Å². The molecule has 0 aliphatic rings. The molecular weight excluding hydrogens is 258 g/mol. The van der Waals surface area contributed by atoms with Crippen LogP contribution in [0.1, 0.15) is 18.4 Å². The van der Waals surface area contributed by atoms with Crippen LogP contribution < -0.4 is 10.5 Å². The number of pyridine rings is 1. The minimum atomic E-state index is 0.495. The van der Waals surface area contributed by atoms with Crippen molar-refractivity contribution in [3.8, 4) is 5.75 Å². The molecule has 0 aliphatic carbocycles. The first-order valence-corrected chi connectivity index (χ1v) is 7.07. The van der Waals surface area contributed by atoms with E-state index in [1.807, 2.05) is 18.2 Å². The first-order chi connectivity index (χ1) is 9.22. The molecule has 5 heteroatoms. The lowest BCUT2D eigenvalue weighted by Crippen LogP contribution is -1.93. The molecule has 0 fully saturated rings. The second kappa shape index (κ2) is 4.66. The number of methoxy groups -OCH3 is 1. The van der Waals surface area contributed by atoms with Gasteiger partial charge < -0.3 is 10.5 Å². The van der Waals surface area contributed by atoms with Gasteiger partial charge in [0.1, 0.15) is 11.3 Å². The van der Waals surface area contributed by atoms with Gasteiger partial charge in [-0.2, -0.15) is 0 Å². The van der Waals surface area contributed by atoms with Crippen LogP contribution in [-0.4, -0.2) is 17.1 Å². The summed E-state index contributed by atoms with van der Waals surface area (Å²) in [6, 6.07) is 5.88. The van der Waals surface area contributed by atoms with E-state index < -0.39 is 0 Å². The molecule has 4 nitrogen and oxygen atoms in total. The largest absolute Gasteiger partial charge is 0.497 e. The summed E-state index contributed by atoms with van der Waals surface area (Å²) in [6.07, 6.45) is 2.06. The van der Waals surface area contributed by atoms with Crippen molar-refractivity contribution >= 4 is 38.3 Å². The molecular formula is C14H15N3OS. The van der Waals surface area contributed by atoms with Gasteiger partial charge in [-0.3, -0.25) is 0 Å². The number of anilines is 1. The maximum atomic E-state index is 6.02. The molecule has 0 saturated heterocycles. The zero-order valence-corrected chi connectivity index (χ0v) is 11.8. The van der Waals surface area contributed by atoms with Gasteiger partial charge in [0.05, 0.1) is 22.3 Å². The molecule has 2 heterocycles. The Balaban J connectivity index is 2.31. The van der Waals surface area contributed by atoms with Gasteiger partial charge in [0.2, 0.25) is 0 Å². The summed E-state index contributed by atoms with van der Waals surface area (Å²) >= 11 is 1.71. The smallest absolute Gasteiger partial charge is 0.151 e. The van der Waals surface area contributed by atoms with E-state index in [1.54, 1.807) is 18.4 Å². The Morgan fingerprint density at radius 1 is 1.32 bits per heavy atom. The van der Waals surface area contributed by atoms with E-state index in [-0.39, 0.29) is 0 Å². The summed E-state index contributed by atoms with van der Waals surface area (Å²) < 4.78 is 6.34. The fraction of sp³-hybridized carbons (Fsp3) is 0.286. The maximum absolute atomic E-state index is 6.02. The third kappa shape index (κ3) is 2.00. The fourth-order valence-electron chi connectivity index (χ4n) is 2.15. The van der Waals surface area contributed by atoms with Crippen LogP contribution in [0, 0.1) is 0 Å². The van der Waals surface area contributed by atoms with Crippen LogP contribution in [0.2, 0.25) is 0 Å². The van der Waals surface area contributed by atoms with Crippen molar-refractivity contribution in [1.82, 2.24) is 9.97 Å². The minimum Gasteiger partial charge on any atom is -0.497 e. The molecule has 0 radical (unpaired) electrons. The van der Waals surface area contributed by atoms with Crippen LogP contribution in [-0.2, 0) is 6.42 Å². The zero-order valence-electron chi connectivity index (χ0n) is 10.9. The van der Waals surface area contributed by atoms with Crippen molar-refractivity contribution in [1.29, 1.82) is 0 Å². The number of nitrogen functional groups attached to an aromatic ring is 1. The van der Waals surface area contributed by atoms with Crippen molar-refractivity contribution in [2.45, 2.75) is 19.8 Å². The number of hydrogen-bond donors (Lipinski definition) is 1. The Morgan fingerprint density at radius 3 is 2.89 bits per heavy atom. The first kappa shape index (κ1) is 12.2. The van der Waals surface area contributed by atoms with E-state index in [1.165, 1.54) is 0 Å². The highest BCUT2D eigenvalue weighted by Crippen LogP contribution is 2.34. The van der Waals surface area contributed by atoms with Crippen LogP contribution in [0.25, 0.3) is 21.1 Å². The Labute approximate surface area is 115 Å². The van der Waals surface area contributed by atoms with E-state index in [9.17, 15) is 0 Å². The summed E-state index contributed by atoms with van der Waals surface area (Å²) in [6.45, 7) is 2.15. The van der Waals surface area contributed by atoms with Gasteiger partial charge in [-0.25, -0.2) is 9.97 Å². The number of hydrogen-bond acceptors (Lipinski definition) is 5. The lowest BCUT2D eigenvalue weighted by Gasteiger charge is -2.03. The fourth-order valence-corrected chi connectivity index (χ4v) is 3.36. The number of aryl methyl sites for hydroxylation is 1. The van der Waals surface area contributed by atoms with Gasteiger partial charge in [-0.05, 0) is 25.0 Å². The van der Waals surface area contributed by atoms with Crippen LogP contribution >= 0.6 is 11.3 Å². The molecule has 2 N–H and O–H groups in total. The highest BCUT2D eigenvalue weighted by atomic mass is 32.1. The number of fused-ring (bicyclic) bond motifs is 3. The predicted octanol–water partition coefficient (Wildman–Crippen LogP) is 3.39. The van der Waals surface area contributed by atoms with Crippen LogP contribution in [0.5, 0.6) is 5.75 Å². The number of nitrogens with zero attached hydrogens (tertiary/aromatic N) is 2. The molecule has 0 saturated carbocycles. The van der Waals surface area contributed by atoms with Gasteiger partial charge in [-0.1, -0.05) is 6.92 Å². The van der Waals surface area contributed by atoms with Crippen LogP contribution in [0.3, 0.4) is 0 Å². The number of thiazole rings is 1. The van der Waals surface area contributed by atoms with E-state index >= 15 is 0 Å². The molecule has 3 rings (SSSR count). The summed E-state index contributed by atoms with van der Waals surface area (Å²) in [5.74, 6) is 1.28. The predicted molar refractivity (Wildman–Crippen MR) is 79.9 cm³/mol. The van der Waals surface area contributed by atoms with Crippen LogP contribution in [0.15, 0.2) is 18.2 Å². The third-order valence-corrected chi connectivity index (χ3v) is 4.22. The van der Waals surface area contributed by atoms with Crippen molar-refractivity contribution in [2.24, 2.45) is 0 Å². The highest BCUT2D eigenvalue weighted by Gasteiger charge is 2.12. The molecule has 0 aliphatic heterocycles. The van der Waals surface area contributed by atoms with Crippen molar-refractivity contribution < 1.29 is 4.74 Å². The molecule has 98 valence electrons. The molecule has 1 aromatic carbocycles. The van der Waals surface area contributed by atoms with Crippen molar-refractivity contribution in [2.75, 3.05) is 12.8 Å². The molecule has 0 atom stereocenters. The van der Waals surface area contributed by atoms with E-state index in [4.69, 9.17) is 10.5 Å². The highest BCUT2D eigenvalue weighted by molar-refractivity contribution is 7.19. The molecule has 19 heavy (non-hydrogen) atoms. The van der Waals surface area contributed by atoms with E-state index in [0.717, 1.165) is 44.7 Å². The van der Waals surface area contributed by atoms with Gasteiger partial charge >= 0.3 is 0 Å². The Hall–Kier alpha value is -1.88. The van der Waals surface area contributed by atoms with Crippen LogP contribution in [0.4, 0.5) is 5.82 Å². The summed E-state index contributed by atoms with van der Waals surface area (Å²) in [4.78, 5) is 9.02. The molecule has 0 amide bonds. The second-order valence-electron chi connectivity index (χ2n) is 4.42. The number of nitrogens with two attached hydrogens (primary N) is 1. The average molecular weight is 273 g/mol. The second-order valence-corrected chi connectivity index (χ2v) is 5.50. The first-order valence-electron chi connectivity index (χ1n) is 6.25. The lowest BCUT2D eigenvalue weighted by molar-refractivity contribution is 0.415. The zero-order chi connectivity index (χ0) is 13.4. The van der Waals surface area contributed by atoms with Gasteiger partial charge in [0.25, 0.3) is 0 Å². The SMILES string of the molecule is CCCc1nc2c(N)nc3cc(OC)ccc3c2s1. The average Bonchev–Trinajstić information content (AvgIpc) is 2.83. The number of ether oxygens (including phenoxy) is 1. The summed E-state index contributed by atoms with van der Waals surface area (Å²) in [5.41, 5.74) is 7.70. The van der Waals surface area contributed by atoms with Gasteiger partial charge in [0.15, 0.2) is 5.82 Å². The minimum absolute atomic E-state index is 0.495. The Bertz CT molecular complexity index is 751. The third-order valence-electron chi connectivity index (χ3n) is 3.07. The summed E-state index contributed by atoms with van der Waals surface area (Å²) in [7, 11) is 1.65. The Kier molecular flexibility index (Phi) is 2.98. The van der Waals surface area contributed by atoms with E-state index in [0.29, 0.717) is 5.82 Å². The Morgan fingerprint density at radius 2 is 2.16 bits per heavy atom. The molecule has 0 spiro atoms. The topological polar surface area (TPSA) is 61.0 Å². The number of rotatable bonds is 3. The van der Waals surface area contributed by atoms with Gasteiger partial charge in [0, 0.05) is 11.5 Å². The van der Waals surface area contributed by atoms with Crippen molar-refractivity contribution in [3.05, 3.63) is 23.2 Å². The molecule has 0 unspecified atom stereocenters. The maximum Gasteiger partial charge on any atom is 0.151 e.